The molecular formula is C14H21F2NO2S. The summed E-state index contributed by atoms with van der Waals surface area (Å²) in [5, 5.41) is 0. The predicted octanol–water partition coefficient (Wildman–Crippen LogP) is 3.46. The first-order chi connectivity index (χ1) is 9.20. The lowest BCUT2D eigenvalue weighted by atomic mass is 10.0. The van der Waals surface area contributed by atoms with Crippen LogP contribution in [0.25, 0.3) is 0 Å². The summed E-state index contributed by atoms with van der Waals surface area (Å²) in [6.07, 6.45) is 2.61. The molecule has 3 nitrogen and oxygen atoms in total. The van der Waals surface area contributed by atoms with Gasteiger partial charge in [0.2, 0.25) is 10.0 Å². The van der Waals surface area contributed by atoms with Crippen LogP contribution in [0.5, 0.6) is 0 Å². The fourth-order valence-corrected chi connectivity index (χ4v) is 3.23. The first-order valence-electron chi connectivity index (χ1n) is 6.69. The van der Waals surface area contributed by atoms with E-state index in [2.05, 4.69) is 18.6 Å². The third-order valence-electron chi connectivity index (χ3n) is 2.92. The van der Waals surface area contributed by atoms with Gasteiger partial charge in [0.25, 0.3) is 0 Å². The van der Waals surface area contributed by atoms with Gasteiger partial charge in [-0.05, 0) is 31.4 Å². The molecule has 1 N–H and O–H groups in total. The molecule has 0 spiro atoms. The molecule has 1 aromatic rings. The Labute approximate surface area is 119 Å². The maximum absolute atomic E-state index is 13.1. The lowest BCUT2D eigenvalue weighted by molar-refractivity contribution is 0.487. The average Bonchev–Trinajstić information content (AvgIpc) is 2.26. The highest BCUT2D eigenvalue weighted by molar-refractivity contribution is 7.89. The molecule has 1 aromatic carbocycles. The van der Waals surface area contributed by atoms with E-state index >= 15 is 0 Å². The van der Waals surface area contributed by atoms with Crippen LogP contribution in [0.4, 0.5) is 8.78 Å². The van der Waals surface area contributed by atoms with E-state index < -0.39 is 21.7 Å². The largest absolute Gasteiger partial charge is 0.241 e. The SMILES string of the molecule is CC(C)CCCC(C)NS(=O)(=O)c1cc(F)cc(F)c1. The topological polar surface area (TPSA) is 46.2 Å². The van der Waals surface area contributed by atoms with E-state index in [-0.39, 0.29) is 10.9 Å². The van der Waals surface area contributed by atoms with Crippen molar-refractivity contribution in [1.29, 1.82) is 0 Å². The zero-order valence-corrected chi connectivity index (χ0v) is 12.8. The van der Waals surface area contributed by atoms with E-state index in [9.17, 15) is 17.2 Å². The number of nitrogens with one attached hydrogen (secondary N) is 1. The second-order valence-electron chi connectivity index (χ2n) is 5.45. The minimum absolute atomic E-state index is 0.273. The number of sulfonamides is 1. The summed E-state index contributed by atoms with van der Waals surface area (Å²) >= 11 is 0. The van der Waals surface area contributed by atoms with Gasteiger partial charge in [-0.2, -0.15) is 0 Å². The summed E-state index contributed by atoms with van der Waals surface area (Å²) in [5.74, 6) is -1.24. The van der Waals surface area contributed by atoms with Gasteiger partial charge in [-0.1, -0.05) is 26.7 Å². The number of hydrogen-bond acceptors (Lipinski definition) is 2. The minimum atomic E-state index is -3.89. The van der Waals surface area contributed by atoms with Crippen molar-refractivity contribution in [3.05, 3.63) is 29.8 Å². The van der Waals surface area contributed by atoms with Gasteiger partial charge >= 0.3 is 0 Å². The van der Waals surface area contributed by atoms with Crippen molar-refractivity contribution in [2.45, 2.75) is 51.0 Å². The van der Waals surface area contributed by atoms with E-state index in [0.717, 1.165) is 25.0 Å². The lowest BCUT2D eigenvalue weighted by Gasteiger charge is -2.15. The maximum atomic E-state index is 13.1. The van der Waals surface area contributed by atoms with Crippen molar-refractivity contribution in [1.82, 2.24) is 4.72 Å². The van der Waals surface area contributed by atoms with Gasteiger partial charge in [-0.25, -0.2) is 21.9 Å². The molecule has 0 aliphatic heterocycles. The highest BCUT2D eigenvalue weighted by Crippen LogP contribution is 2.15. The van der Waals surface area contributed by atoms with Crippen molar-refractivity contribution in [3.8, 4) is 0 Å². The van der Waals surface area contributed by atoms with Crippen LogP contribution < -0.4 is 4.72 Å². The lowest BCUT2D eigenvalue weighted by Crippen LogP contribution is -2.32. The molecule has 0 aromatic heterocycles. The first kappa shape index (κ1) is 17.0. The predicted molar refractivity (Wildman–Crippen MR) is 74.8 cm³/mol. The molecule has 0 fully saturated rings. The van der Waals surface area contributed by atoms with Crippen LogP contribution in [0, 0.1) is 17.6 Å². The van der Waals surface area contributed by atoms with Gasteiger partial charge in [-0.15, -0.1) is 0 Å². The molecule has 1 atom stereocenters. The summed E-state index contributed by atoms with van der Waals surface area (Å²) in [6.45, 7) is 5.95. The molecule has 0 saturated carbocycles. The van der Waals surface area contributed by atoms with Crippen molar-refractivity contribution < 1.29 is 17.2 Å². The van der Waals surface area contributed by atoms with Crippen molar-refractivity contribution in [2.24, 2.45) is 5.92 Å². The van der Waals surface area contributed by atoms with Gasteiger partial charge in [0, 0.05) is 12.1 Å². The molecule has 114 valence electrons. The summed E-state index contributed by atoms with van der Waals surface area (Å²) in [7, 11) is -3.89. The van der Waals surface area contributed by atoms with Crippen LogP contribution in [0.15, 0.2) is 23.1 Å². The van der Waals surface area contributed by atoms with Crippen LogP contribution in [-0.2, 0) is 10.0 Å². The number of benzene rings is 1. The zero-order chi connectivity index (χ0) is 15.3. The van der Waals surface area contributed by atoms with Crippen molar-refractivity contribution >= 4 is 10.0 Å². The molecule has 1 unspecified atom stereocenters. The molecule has 1 rings (SSSR count). The fraction of sp³-hybridized carbons (Fsp3) is 0.571. The maximum Gasteiger partial charge on any atom is 0.241 e. The Kier molecular flexibility index (Phi) is 6.07. The summed E-state index contributed by atoms with van der Waals surface area (Å²) in [5.41, 5.74) is 0. The van der Waals surface area contributed by atoms with Gasteiger partial charge in [-0.3, -0.25) is 0 Å². The van der Waals surface area contributed by atoms with E-state index in [1.807, 2.05) is 0 Å². The van der Waals surface area contributed by atoms with Crippen molar-refractivity contribution in [3.63, 3.8) is 0 Å². The Morgan fingerprint density at radius 3 is 2.10 bits per heavy atom. The quantitative estimate of drug-likeness (QED) is 0.838. The smallest absolute Gasteiger partial charge is 0.208 e. The van der Waals surface area contributed by atoms with Gasteiger partial charge in [0.05, 0.1) is 4.90 Å². The number of hydrogen-bond donors (Lipinski definition) is 1. The Bertz CT molecular complexity index is 524. The Morgan fingerprint density at radius 2 is 1.60 bits per heavy atom. The van der Waals surface area contributed by atoms with Gasteiger partial charge < -0.3 is 0 Å². The fourth-order valence-electron chi connectivity index (χ4n) is 1.91. The average molecular weight is 305 g/mol. The normalized spacial score (nSPS) is 13.7. The van der Waals surface area contributed by atoms with E-state index in [4.69, 9.17) is 0 Å². The summed E-state index contributed by atoms with van der Waals surface area (Å²) in [4.78, 5) is -0.384. The molecule has 0 bridgehead atoms. The van der Waals surface area contributed by atoms with Crippen LogP contribution in [0.3, 0.4) is 0 Å². The molecule has 0 saturated heterocycles. The van der Waals surface area contributed by atoms with E-state index in [0.29, 0.717) is 18.4 Å². The standard InChI is InChI=1S/C14H21F2NO2S/c1-10(2)5-4-6-11(3)17-20(18,19)14-8-12(15)7-13(16)9-14/h7-11,17H,4-6H2,1-3H3. The van der Waals surface area contributed by atoms with Gasteiger partial charge in [0.1, 0.15) is 11.6 Å². The number of rotatable bonds is 7. The number of halogens is 2. The second-order valence-corrected chi connectivity index (χ2v) is 7.17. The Hall–Kier alpha value is -1.01. The van der Waals surface area contributed by atoms with Crippen LogP contribution >= 0.6 is 0 Å². The molecule has 0 heterocycles. The highest BCUT2D eigenvalue weighted by Gasteiger charge is 2.19. The van der Waals surface area contributed by atoms with Crippen LogP contribution in [0.1, 0.15) is 40.0 Å². The third-order valence-corrected chi connectivity index (χ3v) is 4.49. The second kappa shape index (κ2) is 7.13. The Balaban J connectivity index is 2.69. The molecular weight excluding hydrogens is 284 g/mol. The van der Waals surface area contributed by atoms with E-state index in [1.54, 1.807) is 6.92 Å². The first-order valence-corrected chi connectivity index (χ1v) is 8.17. The van der Waals surface area contributed by atoms with Gasteiger partial charge in [0.15, 0.2) is 0 Å². The summed E-state index contributed by atoms with van der Waals surface area (Å²) < 4.78 is 52.5. The third kappa shape index (κ3) is 5.54. The molecule has 0 aliphatic carbocycles. The molecule has 20 heavy (non-hydrogen) atoms. The van der Waals surface area contributed by atoms with Crippen LogP contribution in [0.2, 0.25) is 0 Å². The van der Waals surface area contributed by atoms with Crippen molar-refractivity contribution in [2.75, 3.05) is 0 Å². The molecule has 0 radical (unpaired) electrons. The molecule has 0 aliphatic rings. The molecule has 0 amide bonds. The minimum Gasteiger partial charge on any atom is -0.208 e. The zero-order valence-electron chi connectivity index (χ0n) is 12.0. The van der Waals surface area contributed by atoms with Crippen LogP contribution in [-0.4, -0.2) is 14.5 Å². The monoisotopic (exact) mass is 305 g/mol. The highest BCUT2D eigenvalue weighted by atomic mass is 32.2. The molecule has 6 heteroatoms. The van der Waals surface area contributed by atoms with E-state index in [1.165, 1.54) is 0 Å². The Morgan fingerprint density at radius 1 is 1.05 bits per heavy atom. The summed E-state index contributed by atoms with van der Waals surface area (Å²) in [6, 6.07) is 1.99.